The summed E-state index contributed by atoms with van der Waals surface area (Å²) in [6.45, 7) is 5.87. The average Bonchev–Trinajstić information content (AvgIpc) is 2.96. The summed E-state index contributed by atoms with van der Waals surface area (Å²) in [5, 5.41) is 0.495. The number of amides is 1. The second-order valence-electron chi connectivity index (χ2n) is 11.4. The number of aryl methyl sites for hydroxylation is 1. The van der Waals surface area contributed by atoms with Crippen molar-refractivity contribution in [3.63, 3.8) is 0 Å². The number of fused-ring (bicyclic) bond motifs is 3. The van der Waals surface area contributed by atoms with E-state index in [1.807, 2.05) is 19.1 Å². The molecular formula is C31H40ClN3O4S. The minimum atomic E-state index is -2.09. The van der Waals surface area contributed by atoms with Crippen LogP contribution in [0.15, 0.2) is 46.8 Å². The zero-order valence-electron chi connectivity index (χ0n) is 23.6. The molecule has 1 amide bonds. The van der Waals surface area contributed by atoms with Crippen LogP contribution in [0.4, 0.5) is 5.82 Å². The van der Waals surface area contributed by atoms with Gasteiger partial charge in [-0.05, 0) is 98.6 Å². The summed E-state index contributed by atoms with van der Waals surface area (Å²) in [6, 6.07) is 9.57. The second-order valence-corrected chi connectivity index (χ2v) is 13.5. The molecule has 1 unspecified atom stereocenters. The fraction of sp³-hybridized carbons (Fsp3) is 0.548. The molecule has 2 bridgehead atoms. The number of allylic oxidation sites excluding steroid dienone is 1. The van der Waals surface area contributed by atoms with E-state index in [0.29, 0.717) is 36.6 Å². The molecule has 0 saturated heterocycles. The van der Waals surface area contributed by atoms with Gasteiger partial charge in [-0.25, -0.2) is 4.98 Å². The lowest BCUT2D eigenvalue weighted by Gasteiger charge is -2.43. The van der Waals surface area contributed by atoms with Gasteiger partial charge < -0.3 is 14.4 Å². The van der Waals surface area contributed by atoms with E-state index in [1.54, 1.807) is 13.2 Å². The Hall–Kier alpha value is -2.42. The van der Waals surface area contributed by atoms with E-state index in [9.17, 15) is 9.00 Å². The predicted molar refractivity (Wildman–Crippen MR) is 161 cm³/mol. The minimum absolute atomic E-state index is 0.0132. The number of hydrogen-bond acceptors (Lipinski definition) is 6. The number of thiol groups is 1. The number of carbonyl (C=O) groups is 1. The molecule has 2 aliphatic heterocycles. The second kappa shape index (κ2) is 13.0. The number of ether oxygens (including phenoxy) is 2. The van der Waals surface area contributed by atoms with Crippen molar-refractivity contribution in [2.45, 2.75) is 70.3 Å². The lowest BCUT2D eigenvalue weighted by atomic mass is 9.70. The molecule has 6 atom stereocenters. The highest BCUT2D eigenvalue weighted by molar-refractivity contribution is 7.76. The third-order valence-corrected chi connectivity index (χ3v) is 10.6. The Morgan fingerprint density at radius 3 is 2.75 bits per heavy atom. The molecule has 1 saturated carbocycles. The quantitative estimate of drug-likeness (QED) is 0.313. The van der Waals surface area contributed by atoms with Crippen molar-refractivity contribution >= 4 is 33.9 Å². The van der Waals surface area contributed by atoms with Crippen molar-refractivity contribution in [1.29, 1.82) is 0 Å². The van der Waals surface area contributed by atoms with E-state index >= 15 is 0 Å². The van der Waals surface area contributed by atoms with Crippen molar-refractivity contribution in [2.75, 3.05) is 25.2 Å². The maximum Gasteiger partial charge on any atom is 0.303 e. The summed E-state index contributed by atoms with van der Waals surface area (Å²) in [6.07, 6.45) is 10.1. The maximum atomic E-state index is 13.2. The number of anilines is 1. The molecule has 5 rings (SSSR count). The summed E-state index contributed by atoms with van der Waals surface area (Å²) in [5.41, 5.74) is 2.61. The van der Waals surface area contributed by atoms with Gasteiger partial charge in [0.15, 0.2) is 11.6 Å². The summed E-state index contributed by atoms with van der Waals surface area (Å²) in [5.74, 6) is 1.62. The summed E-state index contributed by atoms with van der Waals surface area (Å²) >= 11 is 6.40. The van der Waals surface area contributed by atoms with E-state index in [1.165, 1.54) is 11.1 Å². The van der Waals surface area contributed by atoms with Crippen LogP contribution in [0.25, 0.3) is 0 Å². The van der Waals surface area contributed by atoms with Gasteiger partial charge in [0.25, 0.3) is 0 Å². The van der Waals surface area contributed by atoms with E-state index in [4.69, 9.17) is 26.1 Å². The number of carbonyl (C=O) groups excluding carboxylic acids is 1. The number of methoxy groups -OCH3 is 1. The normalized spacial score (nSPS) is 30.8. The smallest absolute Gasteiger partial charge is 0.303 e. The number of aromatic nitrogens is 1. The van der Waals surface area contributed by atoms with Crippen LogP contribution in [0.5, 0.6) is 5.75 Å². The Morgan fingerprint density at radius 1 is 1.12 bits per heavy atom. The van der Waals surface area contributed by atoms with Crippen molar-refractivity contribution in [3.05, 3.63) is 64.3 Å². The molecule has 3 heterocycles. The van der Waals surface area contributed by atoms with Crippen LogP contribution in [0, 0.1) is 17.8 Å². The first-order valence-electron chi connectivity index (χ1n) is 14.4. The Kier molecular flexibility index (Phi) is 9.49. The molecule has 1 fully saturated rings. The molecule has 3 aliphatic rings. The molecule has 0 radical (unpaired) electrons. The van der Waals surface area contributed by atoms with Crippen LogP contribution in [-0.2, 0) is 28.3 Å². The van der Waals surface area contributed by atoms with E-state index < -0.39 is 16.5 Å². The van der Waals surface area contributed by atoms with Crippen LogP contribution in [0.3, 0.4) is 0 Å². The lowest BCUT2D eigenvalue weighted by Crippen LogP contribution is -2.43. The number of benzene rings is 1. The first kappa shape index (κ1) is 29.1. The monoisotopic (exact) mass is 585 g/mol. The van der Waals surface area contributed by atoms with Gasteiger partial charge in [-0.2, -0.15) is 4.36 Å². The number of rotatable bonds is 1. The molecule has 0 N–H and O–H groups in total. The molecule has 0 spiro atoms. The van der Waals surface area contributed by atoms with Gasteiger partial charge in [0.2, 0.25) is 0 Å². The summed E-state index contributed by atoms with van der Waals surface area (Å²) in [7, 11) is -0.314. The van der Waals surface area contributed by atoms with E-state index in [2.05, 4.69) is 40.5 Å². The van der Waals surface area contributed by atoms with Gasteiger partial charge in [-0.3, -0.25) is 9.00 Å². The molecule has 9 heteroatoms. The van der Waals surface area contributed by atoms with Gasteiger partial charge in [-0.1, -0.05) is 36.7 Å². The first-order chi connectivity index (χ1) is 19.3. The number of halogens is 1. The highest BCUT2D eigenvalue weighted by Crippen LogP contribution is 2.41. The zero-order chi connectivity index (χ0) is 28.2. The van der Waals surface area contributed by atoms with Crippen LogP contribution in [0.2, 0.25) is 5.02 Å². The van der Waals surface area contributed by atoms with Crippen LogP contribution < -0.4 is 9.64 Å². The number of pyridine rings is 1. The van der Waals surface area contributed by atoms with Gasteiger partial charge in [0, 0.05) is 41.1 Å². The Labute approximate surface area is 244 Å². The van der Waals surface area contributed by atoms with Gasteiger partial charge in [0.05, 0.1) is 12.7 Å². The molecule has 1 aromatic heterocycles. The topological polar surface area (TPSA) is 81.1 Å². The van der Waals surface area contributed by atoms with Crippen LogP contribution in [0.1, 0.15) is 67.6 Å². The Balaban J connectivity index is 1.62. The minimum Gasteiger partial charge on any atom is -0.490 e. The molecular weight excluding hydrogens is 546 g/mol. The van der Waals surface area contributed by atoms with Crippen molar-refractivity contribution in [1.82, 2.24) is 4.98 Å². The van der Waals surface area contributed by atoms with Crippen LogP contribution >= 0.6 is 11.6 Å². The fourth-order valence-electron chi connectivity index (χ4n) is 5.91. The standard InChI is InChI=1S/C31H40ClN3O4S/c1-20-7-6-9-28(38-3)26-13-11-24(26)19-35-18-23-10-12-25(32)17-22(23)8-4-5-16-39-29-15-14-27(33-30(29)35)31(36)34-40(37)21(20)2/h6,9-10,12,14-15,17,20-21,24,26,28,40H,4-5,7-8,11,13,16,18-19H2,1-3H3/b9-6+/t20-,21+,24-,26+,28-/m0/s1. The number of hydrogen-bond donors (Lipinski definition) is 1. The van der Waals surface area contributed by atoms with Gasteiger partial charge in [0.1, 0.15) is 5.69 Å². The molecule has 216 valence electrons. The average molecular weight is 586 g/mol. The van der Waals surface area contributed by atoms with Gasteiger partial charge >= 0.3 is 5.91 Å². The van der Waals surface area contributed by atoms with Crippen molar-refractivity contribution in [3.8, 4) is 5.75 Å². The highest BCUT2D eigenvalue weighted by atomic mass is 35.5. The third kappa shape index (κ3) is 6.55. The predicted octanol–water partition coefficient (Wildman–Crippen LogP) is 6.29. The largest absolute Gasteiger partial charge is 0.490 e. The molecule has 40 heavy (non-hydrogen) atoms. The van der Waals surface area contributed by atoms with Crippen LogP contribution in [-0.4, -0.2) is 46.7 Å². The molecule has 2 aromatic rings. The maximum absolute atomic E-state index is 13.2. The highest BCUT2D eigenvalue weighted by Gasteiger charge is 2.38. The van der Waals surface area contributed by atoms with Crippen molar-refractivity contribution in [2.24, 2.45) is 22.1 Å². The molecule has 7 nitrogen and oxygen atoms in total. The Morgan fingerprint density at radius 2 is 1.98 bits per heavy atom. The Bertz CT molecular complexity index is 1340. The molecule has 1 aliphatic carbocycles. The van der Waals surface area contributed by atoms with Gasteiger partial charge in [-0.15, -0.1) is 0 Å². The first-order valence-corrected chi connectivity index (χ1v) is 16.1. The van der Waals surface area contributed by atoms with Crippen molar-refractivity contribution < 1.29 is 18.5 Å². The SMILES string of the molecule is CO[C@H]1/C=C/C[C@H](C)[C@@H](C)/[SH](=O)=N\C(=O)c2ccc3c(n2)N(Cc2ccc(Cl)cc2CCCCO3)C[C@@H]2CC[C@H]21. The summed E-state index contributed by atoms with van der Waals surface area (Å²) in [4.78, 5) is 20.3. The van der Waals surface area contributed by atoms with E-state index in [0.717, 1.165) is 50.1 Å². The molecule has 1 aromatic carbocycles. The lowest BCUT2D eigenvalue weighted by molar-refractivity contribution is 0.0133. The zero-order valence-corrected chi connectivity index (χ0v) is 25.2. The third-order valence-electron chi connectivity index (χ3n) is 8.81. The van der Waals surface area contributed by atoms with E-state index in [-0.39, 0.29) is 23.0 Å². The summed E-state index contributed by atoms with van der Waals surface area (Å²) < 4.78 is 29.4. The number of nitrogens with zero attached hydrogens (tertiary/aromatic N) is 3. The fourth-order valence-corrected chi connectivity index (χ4v) is 7.13.